The van der Waals surface area contributed by atoms with Gasteiger partial charge in [0.2, 0.25) is 0 Å². The summed E-state index contributed by atoms with van der Waals surface area (Å²) in [6.07, 6.45) is 2.52. The lowest BCUT2D eigenvalue weighted by molar-refractivity contribution is 0.198. The molecule has 0 saturated heterocycles. The average Bonchev–Trinajstić information content (AvgIpc) is 2.29. The Hall–Kier alpha value is -1.66. The first-order valence-electron chi connectivity index (χ1n) is 5.02. The van der Waals surface area contributed by atoms with Gasteiger partial charge in [0.05, 0.1) is 6.10 Å². The molecule has 0 aliphatic rings. The Bertz CT molecular complexity index is 551. The van der Waals surface area contributed by atoms with E-state index in [4.69, 9.17) is 0 Å². The van der Waals surface area contributed by atoms with E-state index in [1.807, 2.05) is 0 Å². The van der Waals surface area contributed by atoms with E-state index in [1.54, 1.807) is 25.3 Å². The van der Waals surface area contributed by atoms with Crippen LogP contribution in [-0.4, -0.2) is 20.1 Å². The summed E-state index contributed by atoms with van der Waals surface area (Å²) in [7, 11) is 0. The molecule has 0 fully saturated rings. The number of hydrogen-bond donors (Lipinski definition) is 2. The van der Waals surface area contributed by atoms with Gasteiger partial charge in [0.1, 0.15) is 5.03 Å². The van der Waals surface area contributed by atoms with E-state index in [2.05, 4.69) is 15.0 Å². The van der Waals surface area contributed by atoms with Gasteiger partial charge in [0.25, 0.3) is 5.56 Å². The first-order valence-corrected chi connectivity index (χ1v) is 5.84. The third-order valence-electron chi connectivity index (χ3n) is 2.09. The largest absolute Gasteiger partial charge is 0.389 e. The SMILES string of the molecule is C[C@H](O)c1ccc(Sc2nccc(=O)[nH]2)nc1. The highest BCUT2D eigenvalue weighted by Crippen LogP contribution is 2.22. The molecule has 0 aromatic carbocycles. The highest BCUT2D eigenvalue weighted by Gasteiger charge is 2.04. The Morgan fingerprint density at radius 1 is 1.35 bits per heavy atom. The Kier molecular flexibility index (Phi) is 3.55. The van der Waals surface area contributed by atoms with Gasteiger partial charge in [-0.1, -0.05) is 6.07 Å². The van der Waals surface area contributed by atoms with Crippen LogP contribution in [0.3, 0.4) is 0 Å². The van der Waals surface area contributed by atoms with Gasteiger partial charge in [-0.3, -0.25) is 4.79 Å². The molecule has 2 aromatic heterocycles. The van der Waals surface area contributed by atoms with Crippen LogP contribution in [0.4, 0.5) is 0 Å². The minimum Gasteiger partial charge on any atom is -0.389 e. The number of aromatic nitrogens is 3. The van der Waals surface area contributed by atoms with Gasteiger partial charge in [0, 0.05) is 18.5 Å². The number of H-pyrrole nitrogens is 1. The van der Waals surface area contributed by atoms with Crippen molar-refractivity contribution < 1.29 is 5.11 Å². The smallest absolute Gasteiger partial charge is 0.251 e. The first kappa shape index (κ1) is 11.8. The summed E-state index contributed by atoms with van der Waals surface area (Å²) in [5, 5.41) is 10.5. The number of pyridine rings is 1. The maximum Gasteiger partial charge on any atom is 0.251 e. The normalized spacial score (nSPS) is 12.4. The number of rotatable bonds is 3. The molecular formula is C11H11N3O2S. The zero-order chi connectivity index (χ0) is 12.3. The van der Waals surface area contributed by atoms with Crippen molar-refractivity contribution in [3.8, 4) is 0 Å². The minimum atomic E-state index is -0.531. The zero-order valence-corrected chi connectivity index (χ0v) is 9.94. The summed E-state index contributed by atoms with van der Waals surface area (Å²) in [5.41, 5.74) is 0.562. The van der Waals surface area contributed by atoms with Gasteiger partial charge >= 0.3 is 0 Å². The number of aliphatic hydroxyl groups is 1. The van der Waals surface area contributed by atoms with Crippen LogP contribution in [0.5, 0.6) is 0 Å². The number of nitrogens with one attached hydrogen (secondary N) is 1. The molecule has 5 nitrogen and oxygen atoms in total. The van der Waals surface area contributed by atoms with Gasteiger partial charge in [-0.25, -0.2) is 9.97 Å². The van der Waals surface area contributed by atoms with Crippen LogP contribution in [0, 0.1) is 0 Å². The van der Waals surface area contributed by atoms with Gasteiger partial charge in [-0.05, 0) is 30.3 Å². The zero-order valence-electron chi connectivity index (χ0n) is 9.12. The molecule has 2 rings (SSSR count). The summed E-state index contributed by atoms with van der Waals surface area (Å²) < 4.78 is 0. The Morgan fingerprint density at radius 3 is 2.76 bits per heavy atom. The van der Waals surface area contributed by atoms with Crippen LogP contribution in [0.1, 0.15) is 18.6 Å². The third kappa shape index (κ3) is 3.15. The lowest BCUT2D eigenvalue weighted by Gasteiger charge is -2.04. The molecule has 6 heteroatoms. The standard InChI is InChI=1S/C11H11N3O2S/c1-7(15)8-2-3-10(13-6-8)17-11-12-5-4-9(16)14-11/h2-7,15H,1H3,(H,12,14,16)/t7-/m0/s1. The van der Waals surface area contributed by atoms with E-state index >= 15 is 0 Å². The van der Waals surface area contributed by atoms with E-state index in [-0.39, 0.29) is 5.56 Å². The molecule has 2 heterocycles. The summed E-state index contributed by atoms with van der Waals surface area (Å²) in [4.78, 5) is 21.8. The molecule has 1 atom stereocenters. The number of aliphatic hydroxyl groups excluding tert-OH is 1. The fraction of sp³-hybridized carbons (Fsp3) is 0.182. The van der Waals surface area contributed by atoms with Crippen molar-refractivity contribution in [1.82, 2.24) is 15.0 Å². The molecule has 0 radical (unpaired) electrons. The fourth-order valence-corrected chi connectivity index (χ4v) is 1.91. The monoisotopic (exact) mass is 249 g/mol. The highest BCUT2D eigenvalue weighted by atomic mass is 32.2. The Balaban J connectivity index is 2.16. The molecular weight excluding hydrogens is 238 g/mol. The molecule has 2 N–H and O–H groups in total. The first-order chi connectivity index (χ1) is 8.15. The predicted molar refractivity (Wildman–Crippen MR) is 63.9 cm³/mol. The van der Waals surface area contributed by atoms with Crippen molar-refractivity contribution in [2.45, 2.75) is 23.2 Å². The topological polar surface area (TPSA) is 78.9 Å². The van der Waals surface area contributed by atoms with Crippen molar-refractivity contribution in [3.63, 3.8) is 0 Å². The molecule has 17 heavy (non-hydrogen) atoms. The van der Waals surface area contributed by atoms with Gasteiger partial charge < -0.3 is 10.1 Å². The summed E-state index contributed by atoms with van der Waals surface area (Å²) in [5.74, 6) is 0. The lowest BCUT2D eigenvalue weighted by atomic mass is 10.2. The van der Waals surface area contributed by atoms with E-state index in [1.165, 1.54) is 24.0 Å². The van der Waals surface area contributed by atoms with Crippen LogP contribution < -0.4 is 5.56 Å². The highest BCUT2D eigenvalue weighted by molar-refractivity contribution is 7.99. The molecule has 0 bridgehead atoms. The molecule has 0 amide bonds. The summed E-state index contributed by atoms with van der Waals surface area (Å²) in [6.45, 7) is 1.68. The molecule has 0 spiro atoms. The number of nitrogens with zero attached hydrogens (tertiary/aromatic N) is 2. The van der Waals surface area contributed by atoms with Crippen LogP contribution in [0.15, 0.2) is 45.6 Å². The van der Waals surface area contributed by atoms with E-state index in [0.717, 1.165) is 5.56 Å². The fourth-order valence-electron chi connectivity index (χ4n) is 1.20. The second-order valence-corrected chi connectivity index (χ2v) is 4.46. The van der Waals surface area contributed by atoms with E-state index < -0.39 is 6.10 Å². The lowest BCUT2D eigenvalue weighted by Crippen LogP contribution is -2.05. The Labute approximate surface area is 102 Å². The molecule has 2 aromatic rings. The van der Waals surface area contributed by atoms with Gasteiger partial charge in [-0.2, -0.15) is 0 Å². The van der Waals surface area contributed by atoms with Gasteiger partial charge in [-0.15, -0.1) is 0 Å². The molecule has 0 aliphatic carbocycles. The van der Waals surface area contributed by atoms with Gasteiger partial charge in [0.15, 0.2) is 5.16 Å². The van der Waals surface area contributed by atoms with Crippen molar-refractivity contribution in [3.05, 3.63) is 46.5 Å². The predicted octanol–water partition coefficient (Wildman–Crippen LogP) is 1.37. The Morgan fingerprint density at radius 2 is 2.18 bits per heavy atom. The van der Waals surface area contributed by atoms with Crippen LogP contribution >= 0.6 is 11.8 Å². The summed E-state index contributed by atoms with van der Waals surface area (Å²) >= 11 is 1.26. The summed E-state index contributed by atoms with van der Waals surface area (Å²) in [6, 6.07) is 4.93. The van der Waals surface area contributed by atoms with E-state index in [0.29, 0.717) is 10.2 Å². The van der Waals surface area contributed by atoms with Crippen LogP contribution in [-0.2, 0) is 0 Å². The molecule has 0 aliphatic heterocycles. The quantitative estimate of drug-likeness (QED) is 0.803. The van der Waals surface area contributed by atoms with Crippen LogP contribution in [0.25, 0.3) is 0 Å². The third-order valence-corrected chi connectivity index (χ3v) is 2.94. The average molecular weight is 249 g/mol. The second-order valence-electron chi connectivity index (χ2n) is 3.45. The minimum absolute atomic E-state index is 0.192. The van der Waals surface area contributed by atoms with Crippen molar-refractivity contribution in [1.29, 1.82) is 0 Å². The van der Waals surface area contributed by atoms with Crippen molar-refractivity contribution in [2.24, 2.45) is 0 Å². The van der Waals surface area contributed by atoms with E-state index in [9.17, 15) is 9.90 Å². The number of hydrogen-bond acceptors (Lipinski definition) is 5. The molecule has 0 saturated carbocycles. The second kappa shape index (κ2) is 5.11. The maximum absolute atomic E-state index is 11.1. The number of aromatic amines is 1. The van der Waals surface area contributed by atoms with Crippen LogP contribution in [0.2, 0.25) is 0 Å². The van der Waals surface area contributed by atoms with Crippen molar-refractivity contribution in [2.75, 3.05) is 0 Å². The molecule has 0 unspecified atom stereocenters. The maximum atomic E-state index is 11.1. The van der Waals surface area contributed by atoms with Crippen molar-refractivity contribution >= 4 is 11.8 Å². The molecule has 88 valence electrons.